The summed E-state index contributed by atoms with van der Waals surface area (Å²) in [4.78, 5) is 9.47. The molecular formula is C7H17ClN2O. The standard InChI is InChI=1S/C4H11N.C3H5NO.ClH/c1-4(2)3-5;1-2-3(4)5;/h4H,3,5H2,1-2H3;2H,1H2,(H2,4,5);1H. The van der Waals surface area contributed by atoms with Crippen molar-refractivity contribution in [2.24, 2.45) is 11.7 Å². The molecular weight excluding hydrogens is 164 g/mol. The molecule has 0 saturated carbocycles. The van der Waals surface area contributed by atoms with E-state index in [2.05, 4.69) is 31.9 Å². The van der Waals surface area contributed by atoms with Crippen LogP contribution < -0.4 is 23.9 Å². The van der Waals surface area contributed by atoms with Crippen LogP contribution in [-0.4, -0.2) is 12.5 Å². The first-order valence-electron chi connectivity index (χ1n) is 3.25. The van der Waals surface area contributed by atoms with Gasteiger partial charge in [0.1, 0.15) is 0 Å². The van der Waals surface area contributed by atoms with Crippen molar-refractivity contribution in [3.8, 4) is 0 Å². The maximum atomic E-state index is 9.47. The Morgan fingerprint density at radius 1 is 1.73 bits per heavy atom. The first-order valence-corrected chi connectivity index (χ1v) is 3.25. The second-order valence-corrected chi connectivity index (χ2v) is 2.29. The Hall–Kier alpha value is -0.540. The summed E-state index contributed by atoms with van der Waals surface area (Å²) in [6.07, 6.45) is 1.06. The van der Waals surface area contributed by atoms with E-state index in [9.17, 15) is 4.79 Å². The van der Waals surface area contributed by atoms with Gasteiger partial charge in [0.15, 0.2) is 0 Å². The molecule has 5 N–H and O–H groups in total. The van der Waals surface area contributed by atoms with Gasteiger partial charge in [-0.25, -0.2) is 0 Å². The fourth-order valence-corrected chi connectivity index (χ4v) is 0. The van der Waals surface area contributed by atoms with Crippen molar-refractivity contribution in [3.63, 3.8) is 0 Å². The van der Waals surface area contributed by atoms with E-state index in [1.165, 1.54) is 0 Å². The fraction of sp³-hybridized carbons (Fsp3) is 0.571. The van der Waals surface area contributed by atoms with E-state index in [1.807, 2.05) is 0 Å². The van der Waals surface area contributed by atoms with Crippen molar-refractivity contribution in [1.29, 1.82) is 0 Å². The molecule has 0 aromatic rings. The minimum Gasteiger partial charge on any atom is -1.00 e. The molecule has 0 aliphatic rings. The lowest BCUT2D eigenvalue weighted by atomic mass is 10.2. The first kappa shape index (κ1) is 16.8. The topological polar surface area (TPSA) is 70.7 Å². The van der Waals surface area contributed by atoms with Crippen molar-refractivity contribution in [3.05, 3.63) is 12.7 Å². The molecule has 68 valence electrons. The monoisotopic (exact) mass is 180 g/mol. The summed E-state index contributed by atoms with van der Waals surface area (Å²) in [5.41, 5.74) is 8.22. The lowest BCUT2D eigenvalue weighted by molar-refractivity contribution is -0.376. The van der Waals surface area contributed by atoms with Crippen molar-refractivity contribution >= 4 is 5.91 Å². The van der Waals surface area contributed by atoms with Gasteiger partial charge < -0.3 is 23.9 Å². The van der Waals surface area contributed by atoms with Crippen LogP contribution in [0.25, 0.3) is 0 Å². The average Bonchev–Trinajstić information content (AvgIpc) is 1.89. The summed E-state index contributed by atoms with van der Waals surface area (Å²) in [5, 5.41) is 0. The Kier molecular flexibility index (Phi) is 18.6. The molecule has 0 aromatic carbocycles. The van der Waals surface area contributed by atoms with E-state index >= 15 is 0 Å². The maximum Gasteiger partial charge on any atom is 0.240 e. The molecule has 0 unspecified atom stereocenters. The normalized spacial score (nSPS) is 7.27. The SMILES string of the molecule is C=CC(N)=O.CC(C)C[NH3+].[Cl-]. The van der Waals surface area contributed by atoms with Gasteiger partial charge in [-0.05, 0) is 6.08 Å². The third-order valence-corrected chi connectivity index (χ3v) is 0.779. The average molecular weight is 181 g/mol. The summed E-state index contributed by atoms with van der Waals surface area (Å²) in [6.45, 7) is 8.46. The number of rotatable bonds is 2. The molecule has 4 heteroatoms. The maximum absolute atomic E-state index is 9.47. The fourth-order valence-electron chi connectivity index (χ4n) is 0. The van der Waals surface area contributed by atoms with Crippen molar-refractivity contribution in [2.45, 2.75) is 13.8 Å². The zero-order valence-electron chi connectivity index (χ0n) is 7.14. The van der Waals surface area contributed by atoms with Crippen LogP contribution in [0.4, 0.5) is 0 Å². The lowest BCUT2D eigenvalue weighted by Gasteiger charge is -1.87. The molecule has 0 atom stereocenters. The van der Waals surface area contributed by atoms with Gasteiger partial charge in [-0.2, -0.15) is 0 Å². The summed E-state index contributed by atoms with van der Waals surface area (Å²) < 4.78 is 0. The predicted octanol–water partition coefficient (Wildman–Crippen LogP) is -3.45. The quantitative estimate of drug-likeness (QED) is 0.427. The number of nitrogens with two attached hydrogens (primary N) is 1. The zero-order chi connectivity index (χ0) is 8.57. The Labute approximate surface area is 74.2 Å². The number of primary amides is 1. The van der Waals surface area contributed by atoms with Crippen LogP contribution in [0, 0.1) is 5.92 Å². The highest BCUT2D eigenvalue weighted by Crippen LogP contribution is 1.79. The van der Waals surface area contributed by atoms with Crippen LogP contribution in [0.3, 0.4) is 0 Å². The van der Waals surface area contributed by atoms with Crippen LogP contribution in [-0.2, 0) is 4.79 Å². The molecule has 0 saturated heterocycles. The van der Waals surface area contributed by atoms with Crippen LogP contribution in [0.5, 0.6) is 0 Å². The molecule has 0 heterocycles. The number of hydrogen-bond donors (Lipinski definition) is 2. The van der Waals surface area contributed by atoms with Gasteiger partial charge in [0.25, 0.3) is 0 Å². The second kappa shape index (κ2) is 12.2. The Bertz CT molecular complexity index is 105. The Balaban J connectivity index is -0.000000107. The van der Waals surface area contributed by atoms with Crippen LogP contribution in [0.1, 0.15) is 13.8 Å². The lowest BCUT2D eigenvalue weighted by Crippen LogP contribution is -3.00. The highest BCUT2D eigenvalue weighted by atomic mass is 35.5. The molecule has 0 fully saturated rings. The smallest absolute Gasteiger partial charge is 0.240 e. The van der Waals surface area contributed by atoms with E-state index in [4.69, 9.17) is 0 Å². The number of hydrogen-bond acceptors (Lipinski definition) is 1. The number of halogens is 1. The molecule has 0 aromatic heterocycles. The highest BCUT2D eigenvalue weighted by Gasteiger charge is 1.83. The molecule has 1 amide bonds. The van der Waals surface area contributed by atoms with Gasteiger partial charge in [0, 0.05) is 5.92 Å². The molecule has 0 aliphatic heterocycles. The van der Waals surface area contributed by atoms with E-state index in [0.29, 0.717) is 0 Å². The third kappa shape index (κ3) is 44.0. The van der Waals surface area contributed by atoms with E-state index in [-0.39, 0.29) is 12.4 Å². The number of quaternary nitrogens is 1. The van der Waals surface area contributed by atoms with Gasteiger partial charge in [-0.1, -0.05) is 20.4 Å². The minimum absolute atomic E-state index is 0. The van der Waals surface area contributed by atoms with E-state index in [1.54, 1.807) is 0 Å². The minimum atomic E-state index is -0.481. The Morgan fingerprint density at radius 3 is 1.91 bits per heavy atom. The molecule has 0 aliphatic carbocycles. The molecule has 11 heavy (non-hydrogen) atoms. The summed E-state index contributed by atoms with van der Waals surface area (Å²) in [6, 6.07) is 0. The van der Waals surface area contributed by atoms with Crippen molar-refractivity contribution in [1.82, 2.24) is 0 Å². The largest absolute Gasteiger partial charge is 1.00 e. The van der Waals surface area contributed by atoms with E-state index in [0.717, 1.165) is 18.5 Å². The summed E-state index contributed by atoms with van der Waals surface area (Å²) >= 11 is 0. The third-order valence-electron chi connectivity index (χ3n) is 0.779. The molecule has 0 radical (unpaired) electrons. The van der Waals surface area contributed by atoms with Crippen molar-refractivity contribution < 1.29 is 22.9 Å². The number of carbonyl (C=O) groups is 1. The Morgan fingerprint density at radius 2 is 1.91 bits per heavy atom. The van der Waals surface area contributed by atoms with Gasteiger partial charge in [0.05, 0.1) is 6.54 Å². The molecule has 0 bridgehead atoms. The molecule has 0 spiro atoms. The van der Waals surface area contributed by atoms with Crippen LogP contribution in [0.15, 0.2) is 12.7 Å². The van der Waals surface area contributed by atoms with Crippen LogP contribution >= 0.6 is 0 Å². The predicted molar refractivity (Wildman–Crippen MR) is 42.0 cm³/mol. The summed E-state index contributed by atoms with van der Waals surface area (Å²) in [5.74, 6) is 0.292. The molecule has 3 nitrogen and oxygen atoms in total. The van der Waals surface area contributed by atoms with Gasteiger partial charge in [-0.15, -0.1) is 0 Å². The van der Waals surface area contributed by atoms with Crippen LogP contribution in [0.2, 0.25) is 0 Å². The van der Waals surface area contributed by atoms with Gasteiger partial charge in [-0.3, -0.25) is 4.79 Å². The zero-order valence-corrected chi connectivity index (χ0v) is 7.90. The van der Waals surface area contributed by atoms with E-state index < -0.39 is 5.91 Å². The van der Waals surface area contributed by atoms with Gasteiger partial charge >= 0.3 is 0 Å². The summed E-state index contributed by atoms with van der Waals surface area (Å²) in [7, 11) is 0. The highest BCUT2D eigenvalue weighted by molar-refractivity contribution is 5.84. The second-order valence-electron chi connectivity index (χ2n) is 2.29. The first-order chi connectivity index (χ1) is 4.54. The molecule has 0 rings (SSSR count). The number of amides is 1. The van der Waals surface area contributed by atoms with Gasteiger partial charge in [0.2, 0.25) is 5.91 Å². The number of carbonyl (C=O) groups excluding carboxylic acids is 1. The van der Waals surface area contributed by atoms with Crippen molar-refractivity contribution in [2.75, 3.05) is 6.54 Å².